The predicted molar refractivity (Wildman–Crippen MR) is 138 cm³/mol. The van der Waals surface area contributed by atoms with E-state index in [1.807, 2.05) is 51.1 Å². The first-order valence-electron chi connectivity index (χ1n) is 12.4. The maximum absolute atomic E-state index is 13.3. The number of carbonyl (C=O) groups excluding carboxylic acids is 3. The Morgan fingerprint density at radius 1 is 1.03 bits per heavy atom. The van der Waals surface area contributed by atoms with Gasteiger partial charge in [0.25, 0.3) is 15.9 Å². The van der Waals surface area contributed by atoms with E-state index in [-0.39, 0.29) is 47.6 Å². The first kappa shape index (κ1) is 27.4. The van der Waals surface area contributed by atoms with Gasteiger partial charge in [-0.1, -0.05) is 63.2 Å². The summed E-state index contributed by atoms with van der Waals surface area (Å²) in [5, 5.41) is 2.93. The molecule has 8 nitrogen and oxygen atoms in total. The number of fused-ring (bicyclic) bond motifs is 1. The van der Waals surface area contributed by atoms with Gasteiger partial charge in [0.15, 0.2) is 0 Å². The van der Waals surface area contributed by atoms with Crippen molar-refractivity contribution in [3.05, 3.63) is 65.7 Å². The molecule has 0 aliphatic carbocycles. The molecular weight excluding hydrogens is 478 g/mol. The van der Waals surface area contributed by atoms with E-state index >= 15 is 0 Å². The van der Waals surface area contributed by atoms with Crippen molar-refractivity contribution in [2.24, 2.45) is 5.92 Å². The third kappa shape index (κ3) is 6.32. The number of amides is 3. The van der Waals surface area contributed by atoms with Crippen molar-refractivity contribution in [2.75, 3.05) is 19.6 Å². The zero-order valence-electron chi connectivity index (χ0n) is 21.1. The van der Waals surface area contributed by atoms with Crippen LogP contribution < -0.4 is 5.32 Å². The molecule has 0 bridgehead atoms. The topological polar surface area (TPSA) is 104 Å². The van der Waals surface area contributed by atoms with Gasteiger partial charge in [0, 0.05) is 26.1 Å². The summed E-state index contributed by atoms with van der Waals surface area (Å²) in [4.78, 5) is 40.5. The Bertz CT molecular complexity index is 1180. The molecule has 9 heteroatoms. The second kappa shape index (κ2) is 12.2. The van der Waals surface area contributed by atoms with Crippen LogP contribution in [0, 0.1) is 5.92 Å². The molecule has 194 valence electrons. The molecule has 0 radical (unpaired) electrons. The molecule has 2 aromatic carbocycles. The summed E-state index contributed by atoms with van der Waals surface area (Å²) in [6.07, 6.45) is 1.25. The van der Waals surface area contributed by atoms with Crippen molar-refractivity contribution in [1.82, 2.24) is 14.5 Å². The average molecular weight is 514 g/mol. The number of nitrogens with zero attached hydrogens (tertiary/aromatic N) is 2. The van der Waals surface area contributed by atoms with Gasteiger partial charge < -0.3 is 10.2 Å². The minimum absolute atomic E-state index is 0.00122. The van der Waals surface area contributed by atoms with Crippen LogP contribution >= 0.6 is 0 Å². The quantitative estimate of drug-likeness (QED) is 0.469. The molecule has 3 rings (SSSR count). The fourth-order valence-corrected chi connectivity index (χ4v) is 5.90. The van der Waals surface area contributed by atoms with Gasteiger partial charge in [0.05, 0.1) is 5.56 Å². The number of rotatable bonds is 12. The van der Waals surface area contributed by atoms with Crippen molar-refractivity contribution in [2.45, 2.75) is 57.4 Å². The SMILES string of the molecule is CC[C@H](C(=O)NCC(C)C)N(CCc1ccccc1)C(=O)CCCN1C(=O)c2ccccc2S1(=O)=O. The van der Waals surface area contributed by atoms with Gasteiger partial charge in [-0.25, -0.2) is 12.7 Å². The lowest BCUT2D eigenvalue weighted by Gasteiger charge is -2.31. The largest absolute Gasteiger partial charge is 0.354 e. The highest BCUT2D eigenvalue weighted by atomic mass is 32.2. The highest BCUT2D eigenvalue weighted by Gasteiger charge is 2.40. The van der Waals surface area contributed by atoms with Gasteiger partial charge in [0.1, 0.15) is 10.9 Å². The molecule has 2 aromatic rings. The predicted octanol–water partition coefficient (Wildman–Crippen LogP) is 3.23. The molecule has 3 amide bonds. The molecule has 1 aliphatic rings. The average Bonchev–Trinajstić information content (AvgIpc) is 3.06. The summed E-state index contributed by atoms with van der Waals surface area (Å²) in [6, 6.07) is 15.2. The lowest BCUT2D eigenvalue weighted by molar-refractivity contribution is -0.140. The summed E-state index contributed by atoms with van der Waals surface area (Å²) >= 11 is 0. The fraction of sp³-hybridized carbons (Fsp3) is 0.444. The summed E-state index contributed by atoms with van der Waals surface area (Å²) < 4.78 is 26.4. The molecule has 0 spiro atoms. The minimum Gasteiger partial charge on any atom is -0.354 e. The van der Waals surface area contributed by atoms with Gasteiger partial charge >= 0.3 is 0 Å². The molecule has 0 aromatic heterocycles. The third-order valence-electron chi connectivity index (χ3n) is 6.22. The van der Waals surface area contributed by atoms with Crippen LogP contribution in [0.15, 0.2) is 59.5 Å². The van der Waals surface area contributed by atoms with Crippen molar-refractivity contribution < 1.29 is 22.8 Å². The van der Waals surface area contributed by atoms with Gasteiger partial charge in [-0.3, -0.25) is 14.4 Å². The number of sulfonamides is 1. The third-order valence-corrected chi connectivity index (χ3v) is 8.06. The number of carbonyl (C=O) groups is 3. The first-order chi connectivity index (χ1) is 17.2. The van der Waals surface area contributed by atoms with Crippen LogP contribution in [0.3, 0.4) is 0 Å². The van der Waals surface area contributed by atoms with E-state index in [2.05, 4.69) is 5.32 Å². The van der Waals surface area contributed by atoms with Gasteiger partial charge in [-0.2, -0.15) is 0 Å². The first-order valence-corrected chi connectivity index (χ1v) is 13.9. The Morgan fingerprint density at radius 3 is 2.33 bits per heavy atom. The molecule has 36 heavy (non-hydrogen) atoms. The molecule has 0 saturated heterocycles. The van der Waals surface area contributed by atoms with E-state index in [1.54, 1.807) is 17.0 Å². The summed E-state index contributed by atoms with van der Waals surface area (Å²) in [5.74, 6) is -0.720. The van der Waals surface area contributed by atoms with Crippen LogP contribution in [0.4, 0.5) is 0 Å². The number of hydrogen-bond acceptors (Lipinski definition) is 5. The number of benzene rings is 2. The van der Waals surface area contributed by atoms with Crippen LogP contribution in [-0.4, -0.2) is 61.0 Å². The second-order valence-electron chi connectivity index (χ2n) is 9.37. The van der Waals surface area contributed by atoms with Gasteiger partial charge in [0.2, 0.25) is 11.8 Å². The lowest BCUT2D eigenvalue weighted by Crippen LogP contribution is -2.50. The van der Waals surface area contributed by atoms with Crippen molar-refractivity contribution in [1.29, 1.82) is 0 Å². The number of nitrogens with one attached hydrogen (secondary N) is 1. The Kier molecular flexibility index (Phi) is 9.25. The monoisotopic (exact) mass is 513 g/mol. The molecule has 1 atom stereocenters. The normalized spacial score (nSPS) is 15.0. The summed E-state index contributed by atoms with van der Waals surface area (Å²) in [5.41, 5.74) is 1.21. The lowest BCUT2D eigenvalue weighted by atomic mass is 10.1. The molecule has 1 heterocycles. The second-order valence-corrected chi connectivity index (χ2v) is 11.2. The molecule has 0 saturated carbocycles. The van der Waals surface area contributed by atoms with Crippen molar-refractivity contribution in [3.8, 4) is 0 Å². The Balaban J connectivity index is 1.69. The maximum Gasteiger partial charge on any atom is 0.269 e. The number of hydrogen-bond donors (Lipinski definition) is 1. The van der Waals surface area contributed by atoms with E-state index in [0.717, 1.165) is 9.87 Å². The smallest absolute Gasteiger partial charge is 0.269 e. The van der Waals surface area contributed by atoms with E-state index < -0.39 is 22.0 Å². The highest BCUT2D eigenvalue weighted by Crippen LogP contribution is 2.30. The van der Waals surface area contributed by atoms with E-state index in [0.29, 0.717) is 25.9 Å². The van der Waals surface area contributed by atoms with E-state index in [4.69, 9.17) is 0 Å². The van der Waals surface area contributed by atoms with Crippen molar-refractivity contribution >= 4 is 27.7 Å². The van der Waals surface area contributed by atoms with E-state index in [9.17, 15) is 22.8 Å². The molecule has 0 unspecified atom stereocenters. The Labute approximate surface area is 213 Å². The maximum atomic E-state index is 13.3. The van der Waals surface area contributed by atoms with Gasteiger partial charge in [-0.05, 0) is 42.9 Å². The minimum atomic E-state index is -3.92. The van der Waals surface area contributed by atoms with E-state index in [1.165, 1.54) is 12.1 Å². The molecule has 1 aliphatic heterocycles. The zero-order chi connectivity index (χ0) is 26.3. The fourth-order valence-electron chi connectivity index (χ4n) is 4.29. The highest BCUT2D eigenvalue weighted by molar-refractivity contribution is 7.90. The van der Waals surface area contributed by atoms with Gasteiger partial charge in [-0.15, -0.1) is 0 Å². The zero-order valence-corrected chi connectivity index (χ0v) is 22.0. The summed E-state index contributed by atoms with van der Waals surface area (Å²) in [6.45, 7) is 6.67. The molecule has 1 N–H and O–H groups in total. The Morgan fingerprint density at radius 2 is 1.69 bits per heavy atom. The molecule has 0 fully saturated rings. The van der Waals surface area contributed by atoms with Crippen LogP contribution in [0.5, 0.6) is 0 Å². The molecular formula is C27H35N3O5S. The van der Waals surface area contributed by atoms with Crippen LogP contribution in [0.25, 0.3) is 0 Å². The van der Waals surface area contributed by atoms with Crippen LogP contribution in [-0.2, 0) is 26.0 Å². The van der Waals surface area contributed by atoms with Crippen LogP contribution in [0.1, 0.15) is 56.0 Å². The standard InChI is InChI=1S/C27H35N3O5S/c1-4-23(26(32)28-19-20(2)3)29(18-16-21-11-6-5-7-12-21)25(31)15-10-17-30-27(33)22-13-8-9-14-24(22)36(30,34)35/h5-9,11-14,20,23H,4,10,15-19H2,1-3H3,(H,28,32)/t23-/m1/s1. The Hall–Kier alpha value is -3.20. The van der Waals surface area contributed by atoms with Crippen LogP contribution in [0.2, 0.25) is 0 Å². The van der Waals surface area contributed by atoms with Crippen molar-refractivity contribution in [3.63, 3.8) is 0 Å². The summed E-state index contributed by atoms with van der Waals surface area (Å²) in [7, 11) is -3.92.